The molecule has 0 saturated carbocycles. The molecule has 0 rings (SSSR count). The predicted octanol–water partition coefficient (Wildman–Crippen LogP) is -0.206. The van der Waals surface area contributed by atoms with Gasteiger partial charge in [-0.15, -0.1) is 0 Å². The van der Waals surface area contributed by atoms with Crippen molar-refractivity contribution < 1.29 is 9.53 Å². The van der Waals surface area contributed by atoms with E-state index in [1.165, 1.54) is 0 Å². The number of rotatable bonds is 2. The maximum absolute atomic E-state index is 9.99. The van der Waals surface area contributed by atoms with Crippen molar-refractivity contribution in [3.63, 3.8) is 0 Å². The van der Waals surface area contributed by atoms with Crippen molar-refractivity contribution in [1.29, 1.82) is 0 Å². The molecule has 0 aliphatic rings. The first-order valence-corrected chi connectivity index (χ1v) is 1.80. The highest BCUT2D eigenvalue weighted by Crippen LogP contribution is 1.70. The fraction of sp³-hybridized carbons (Fsp3) is 0.250. The second-order valence-corrected chi connectivity index (χ2v) is 0.834. The summed E-state index contributed by atoms with van der Waals surface area (Å²) in [6.07, 6.45) is 1.06. The van der Waals surface area contributed by atoms with E-state index in [2.05, 4.69) is 11.3 Å². The van der Waals surface area contributed by atoms with Crippen LogP contribution in [-0.2, 0) is 9.53 Å². The highest BCUT2D eigenvalue weighted by molar-refractivity contribution is 5.81. The normalized spacial score (nSPS) is 6.62. The summed E-state index contributed by atoms with van der Waals surface area (Å²) < 4.78 is 4.21. The van der Waals surface area contributed by atoms with Crippen LogP contribution in [-0.4, -0.2) is 12.7 Å². The third-order valence-electron chi connectivity index (χ3n) is 0.392. The first kappa shape index (κ1) is 10.2. The summed E-state index contributed by atoms with van der Waals surface area (Å²) in [6.45, 7) is 3.07. The smallest absolute Gasteiger partial charge is 0.331 e. The standard InChI is InChI=1S/C4H7NO2.H3N/c1-2-4(6)7-3-5;/h2H,1,3,5H2;1H3. The molecule has 0 amide bonds. The van der Waals surface area contributed by atoms with Crippen LogP contribution in [0.3, 0.4) is 0 Å². The molecule has 4 nitrogen and oxygen atoms in total. The van der Waals surface area contributed by atoms with Gasteiger partial charge in [0, 0.05) is 6.08 Å². The third-order valence-corrected chi connectivity index (χ3v) is 0.392. The summed E-state index contributed by atoms with van der Waals surface area (Å²) in [6, 6.07) is 0. The Hall–Kier alpha value is -0.870. The number of carbonyl (C=O) groups is 1. The number of hydrogen-bond donors (Lipinski definition) is 2. The number of carbonyl (C=O) groups excluding carboxylic acids is 1. The molecule has 48 valence electrons. The molecule has 0 aliphatic heterocycles. The van der Waals surface area contributed by atoms with E-state index in [0.29, 0.717) is 0 Å². The van der Waals surface area contributed by atoms with E-state index in [0.717, 1.165) is 6.08 Å². The minimum atomic E-state index is -0.484. The second kappa shape index (κ2) is 6.13. The van der Waals surface area contributed by atoms with Crippen molar-refractivity contribution in [2.45, 2.75) is 0 Å². The van der Waals surface area contributed by atoms with Gasteiger partial charge in [-0.3, -0.25) is 5.73 Å². The Morgan fingerprint density at radius 2 is 2.38 bits per heavy atom. The summed E-state index contributed by atoms with van der Waals surface area (Å²) in [7, 11) is 0. The van der Waals surface area contributed by atoms with Gasteiger partial charge >= 0.3 is 5.97 Å². The summed E-state index contributed by atoms with van der Waals surface area (Å²) in [5.74, 6) is -0.484. The molecule has 0 heterocycles. The van der Waals surface area contributed by atoms with Gasteiger partial charge in [-0.1, -0.05) is 6.58 Å². The van der Waals surface area contributed by atoms with Gasteiger partial charge in [0.25, 0.3) is 0 Å². The lowest BCUT2D eigenvalue weighted by Gasteiger charge is -1.90. The molecule has 0 unspecified atom stereocenters. The van der Waals surface area contributed by atoms with E-state index in [9.17, 15) is 4.79 Å². The van der Waals surface area contributed by atoms with E-state index < -0.39 is 5.97 Å². The lowest BCUT2D eigenvalue weighted by atomic mass is 10.7. The van der Waals surface area contributed by atoms with Crippen molar-refractivity contribution in [3.05, 3.63) is 12.7 Å². The lowest BCUT2D eigenvalue weighted by molar-refractivity contribution is -0.137. The van der Waals surface area contributed by atoms with Gasteiger partial charge in [0.15, 0.2) is 0 Å². The van der Waals surface area contributed by atoms with Gasteiger partial charge in [-0.05, 0) is 0 Å². The van der Waals surface area contributed by atoms with E-state index in [4.69, 9.17) is 5.73 Å². The van der Waals surface area contributed by atoms with E-state index >= 15 is 0 Å². The van der Waals surface area contributed by atoms with Crippen LogP contribution in [0.4, 0.5) is 0 Å². The molecule has 0 spiro atoms. The molecule has 0 atom stereocenters. The highest BCUT2D eigenvalue weighted by atomic mass is 16.5. The van der Waals surface area contributed by atoms with Gasteiger partial charge in [0.05, 0.1) is 0 Å². The Morgan fingerprint density at radius 1 is 1.88 bits per heavy atom. The van der Waals surface area contributed by atoms with Crippen molar-refractivity contribution in [3.8, 4) is 0 Å². The molecule has 0 bridgehead atoms. The van der Waals surface area contributed by atoms with Gasteiger partial charge in [-0.25, -0.2) is 4.79 Å². The zero-order valence-corrected chi connectivity index (χ0v) is 4.59. The molecule has 0 aromatic heterocycles. The fourth-order valence-corrected chi connectivity index (χ4v) is 0.141. The van der Waals surface area contributed by atoms with Gasteiger partial charge in [-0.2, -0.15) is 0 Å². The summed E-state index contributed by atoms with van der Waals surface area (Å²) in [4.78, 5) is 9.99. The van der Waals surface area contributed by atoms with Crippen LogP contribution in [0.2, 0.25) is 0 Å². The zero-order valence-electron chi connectivity index (χ0n) is 4.59. The van der Waals surface area contributed by atoms with Crippen LogP contribution in [0, 0.1) is 0 Å². The Kier molecular flexibility index (Phi) is 7.80. The molecule has 0 aromatic carbocycles. The zero-order chi connectivity index (χ0) is 5.70. The molecule has 0 aromatic rings. The van der Waals surface area contributed by atoms with E-state index in [-0.39, 0.29) is 12.9 Å². The van der Waals surface area contributed by atoms with E-state index in [1.54, 1.807) is 0 Å². The molecule has 8 heavy (non-hydrogen) atoms. The monoisotopic (exact) mass is 118 g/mol. The number of ether oxygens (including phenoxy) is 1. The lowest BCUT2D eigenvalue weighted by Crippen LogP contribution is -2.08. The summed E-state index contributed by atoms with van der Waals surface area (Å²) in [5, 5.41) is 0. The number of esters is 1. The quantitative estimate of drug-likeness (QED) is 0.298. The SMILES string of the molecule is C=CC(=O)OCN.N. The van der Waals surface area contributed by atoms with E-state index in [1.807, 2.05) is 0 Å². The molecule has 0 aliphatic carbocycles. The third kappa shape index (κ3) is 5.13. The average molecular weight is 118 g/mol. The highest BCUT2D eigenvalue weighted by Gasteiger charge is 1.86. The molecule has 0 fully saturated rings. The van der Waals surface area contributed by atoms with Crippen molar-refractivity contribution >= 4 is 5.97 Å². The van der Waals surface area contributed by atoms with Crippen LogP contribution in [0.1, 0.15) is 0 Å². The first-order chi connectivity index (χ1) is 3.31. The number of nitrogens with two attached hydrogens (primary N) is 1. The molecule has 5 N–H and O–H groups in total. The topological polar surface area (TPSA) is 87.3 Å². The number of hydrogen-bond acceptors (Lipinski definition) is 4. The van der Waals surface area contributed by atoms with Crippen LogP contribution in [0.25, 0.3) is 0 Å². The average Bonchev–Trinajstić information content (AvgIpc) is 1.68. The predicted molar refractivity (Wildman–Crippen MR) is 30.4 cm³/mol. The largest absolute Gasteiger partial charge is 0.447 e. The van der Waals surface area contributed by atoms with Crippen LogP contribution in [0.5, 0.6) is 0 Å². The Balaban J connectivity index is 0. The minimum absolute atomic E-state index is 0. The first-order valence-electron chi connectivity index (χ1n) is 1.80. The molecule has 0 radical (unpaired) electrons. The van der Waals surface area contributed by atoms with Gasteiger partial charge < -0.3 is 10.9 Å². The van der Waals surface area contributed by atoms with Crippen molar-refractivity contribution in [2.75, 3.05) is 6.73 Å². The minimum Gasteiger partial charge on any atom is -0.447 e. The molecular weight excluding hydrogens is 108 g/mol. The van der Waals surface area contributed by atoms with Crippen LogP contribution >= 0.6 is 0 Å². The maximum Gasteiger partial charge on any atom is 0.331 e. The molecular formula is C4H10N2O2. The fourth-order valence-electron chi connectivity index (χ4n) is 0.141. The van der Waals surface area contributed by atoms with Gasteiger partial charge in [0.1, 0.15) is 6.73 Å². The van der Waals surface area contributed by atoms with Crippen LogP contribution in [0.15, 0.2) is 12.7 Å². The summed E-state index contributed by atoms with van der Waals surface area (Å²) >= 11 is 0. The Labute approximate surface area is 47.9 Å². The maximum atomic E-state index is 9.99. The molecule has 4 heteroatoms. The Morgan fingerprint density at radius 3 is 2.50 bits per heavy atom. The van der Waals surface area contributed by atoms with Crippen LogP contribution < -0.4 is 11.9 Å². The Bertz CT molecular complexity index is 82.1. The second-order valence-electron chi connectivity index (χ2n) is 0.834. The van der Waals surface area contributed by atoms with Crippen molar-refractivity contribution in [1.82, 2.24) is 6.15 Å². The van der Waals surface area contributed by atoms with Crippen molar-refractivity contribution in [2.24, 2.45) is 5.73 Å². The molecule has 0 saturated heterocycles. The van der Waals surface area contributed by atoms with Gasteiger partial charge in [0.2, 0.25) is 0 Å². The summed E-state index contributed by atoms with van der Waals surface area (Å²) in [5.41, 5.74) is 4.81.